The molecule has 2 aliphatic rings. The molecule has 1 heterocycles. The molecular weight excluding hydrogens is 448 g/mol. The molecular formula is C32H30O4. The minimum Gasteiger partial charge on any atom is -0.493 e. The van der Waals surface area contributed by atoms with Gasteiger partial charge in [-0.25, -0.2) is 0 Å². The second-order valence-corrected chi connectivity index (χ2v) is 9.76. The highest BCUT2D eigenvalue weighted by Gasteiger charge is 2.45. The van der Waals surface area contributed by atoms with E-state index in [1.54, 1.807) is 0 Å². The molecule has 182 valence electrons. The molecule has 0 amide bonds. The number of aliphatic hydroxyl groups excluding tert-OH is 1. The van der Waals surface area contributed by atoms with Crippen LogP contribution in [0.1, 0.15) is 29.2 Å². The molecule has 0 spiro atoms. The first-order valence-electron chi connectivity index (χ1n) is 12.6. The van der Waals surface area contributed by atoms with Gasteiger partial charge in [-0.1, -0.05) is 79.7 Å². The van der Waals surface area contributed by atoms with Gasteiger partial charge in [0.15, 0.2) is 0 Å². The van der Waals surface area contributed by atoms with Gasteiger partial charge in [-0.3, -0.25) is 0 Å². The van der Waals surface area contributed by atoms with Crippen LogP contribution in [0.2, 0.25) is 0 Å². The van der Waals surface area contributed by atoms with Crippen LogP contribution in [-0.4, -0.2) is 37.6 Å². The molecule has 4 heteroatoms. The van der Waals surface area contributed by atoms with Crippen molar-refractivity contribution in [2.75, 3.05) is 26.4 Å². The third-order valence-electron chi connectivity index (χ3n) is 7.21. The van der Waals surface area contributed by atoms with Gasteiger partial charge in [0.05, 0.1) is 18.6 Å². The van der Waals surface area contributed by atoms with E-state index in [1.807, 2.05) is 19.1 Å². The van der Waals surface area contributed by atoms with E-state index in [2.05, 4.69) is 84.9 Å². The first-order valence-corrected chi connectivity index (χ1v) is 12.6. The van der Waals surface area contributed by atoms with Crippen molar-refractivity contribution < 1.29 is 19.3 Å². The van der Waals surface area contributed by atoms with Gasteiger partial charge in [-0.2, -0.15) is 0 Å². The van der Waals surface area contributed by atoms with E-state index >= 15 is 0 Å². The van der Waals surface area contributed by atoms with Crippen molar-refractivity contribution in [1.29, 1.82) is 0 Å². The van der Waals surface area contributed by atoms with Gasteiger partial charge in [0, 0.05) is 12.5 Å². The summed E-state index contributed by atoms with van der Waals surface area (Å²) in [5, 5.41) is 9.33. The lowest BCUT2D eigenvalue weighted by molar-refractivity contribution is 0.174. The van der Waals surface area contributed by atoms with Crippen molar-refractivity contribution in [3.8, 4) is 22.6 Å². The number of epoxide rings is 1. The Bertz CT molecular complexity index is 1290. The van der Waals surface area contributed by atoms with E-state index in [1.165, 1.54) is 33.4 Å². The molecule has 1 aliphatic heterocycles. The summed E-state index contributed by atoms with van der Waals surface area (Å²) in [6.45, 7) is 3.95. The van der Waals surface area contributed by atoms with E-state index in [4.69, 9.17) is 14.2 Å². The fourth-order valence-electron chi connectivity index (χ4n) is 5.27. The summed E-state index contributed by atoms with van der Waals surface area (Å²) in [7, 11) is 0. The molecule has 1 unspecified atom stereocenters. The molecule has 1 N–H and O–H groups in total. The lowest BCUT2D eigenvalue weighted by atomic mass is 9.68. The zero-order chi connectivity index (χ0) is 24.5. The van der Waals surface area contributed by atoms with Gasteiger partial charge in [0.2, 0.25) is 0 Å². The Hall–Kier alpha value is -3.60. The second kappa shape index (κ2) is 9.45. The summed E-state index contributed by atoms with van der Waals surface area (Å²) in [6.07, 6.45) is 0.228. The van der Waals surface area contributed by atoms with Crippen molar-refractivity contribution in [1.82, 2.24) is 0 Å². The summed E-state index contributed by atoms with van der Waals surface area (Å²) < 4.78 is 17.2. The molecule has 0 aromatic heterocycles. The van der Waals surface area contributed by atoms with Gasteiger partial charge in [0.25, 0.3) is 0 Å². The molecule has 4 aromatic rings. The van der Waals surface area contributed by atoms with Gasteiger partial charge < -0.3 is 19.3 Å². The van der Waals surface area contributed by atoms with Gasteiger partial charge in [0.1, 0.15) is 24.2 Å². The Balaban J connectivity index is 1.46. The van der Waals surface area contributed by atoms with Crippen LogP contribution in [0.4, 0.5) is 0 Å². The number of aliphatic hydroxyl groups is 1. The predicted molar refractivity (Wildman–Crippen MR) is 141 cm³/mol. The SMILES string of the molecule is C[C@H](CO)COc1ccc(C2(c3ccc(OCC4CO4)cc3)c3ccccc3-c3ccccc32)cc1. The minimum atomic E-state index is -0.456. The Morgan fingerprint density at radius 1 is 0.778 bits per heavy atom. The molecule has 6 rings (SSSR count). The van der Waals surface area contributed by atoms with Crippen molar-refractivity contribution in [2.24, 2.45) is 5.92 Å². The second-order valence-electron chi connectivity index (χ2n) is 9.76. The minimum absolute atomic E-state index is 0.0943. The lowest BCUT2D eigenvalue weighted by Crippen LogP contribution is -2.28. The topological polar surface area (TPSA) is 51.2 Å². The molecule has 1 aliphatic carbocycles. The summed E-state index contributed by atoms with van der Waals surface area (Å²) in [6, 6.07) is 34.3. The zero-order valence-corrected chi connectivity index (χ0v) is 20.4. The van der Waals surface area contributed by atoms with E-state index in [-0.39, 0.29) is 18.6 Å². The van der Waals surface area contributed by atoms with Crippen LogP contribution < -0.4 is 9.47 Å². The highest BCUT2D eigenvalue weighted by molar-refractivity contribution is 5.86. The van der Waals surface area contributed by atoms with Crippen LogP contribution in [0.25, 0.3) is 11.1 Å². The van der Waals surface area contributed by atoms with E-state index in [0.717, 1.165) is 18.1 Å². The Labute approximate surface area is 212 Å². The largest absolute Gasteiger partial charge is 0.493 e. The maximum Gasteiger partial charge on any atom is 0.119 e. The predicted octanol–water partition coefficient (Wildman–Crippen LogP) is 5.83. The normalized spacial score (nSPS) is 17.7. The fourth-order valence-corrected chi connectivity index (χ4v) is 5.27. The van der Waals surface area contributed by atoms with Crippen LogP contribution in [0.3, 0.4) is 0 Å². The number of hydrogen-bond acceptors (Lipinski definition) is 4. The standard InChI is InChI=1S/C32H30O4/c1-22(18-33)19-34-25-14-10-23(11-15-25)32(24-12-16-26(17-13-24)35-20-27-21-36-27)30-8-4-2-6-28(30)29-7-3-5-9-31(29)32/h2-17,22,27,33H,18-21H2,1H3/t22-,27?/m1/s1. The highest BCUT2D eigenvalue weighted by Crippen LogP contribution is 2.56. The number of fused-ring (bicyclic) bond motifs is 3. The van der Waals surface area contributed by atoms with Crippen molar-refractivity contribution >= 4 is 0 Å². The molecule has 1 saturated heterocycles. The monoisotopic (exact) mass is 478 g/mol. The van der Waals surface area contributed by atoms with E-state index in [9.17, 15) is 5.11 Å². The average Bonchev–Trinajstić information content (AvgIpc) is 3.73. The van der Waals surface area contributed by atoms with Crippen molar-refractivity contribution in [2.45, 2.75) is 18.4 Å². The summed E-state index contributed by atoms with van der Waals surface area (Å²) in [4.78, 5) is 0. The maximum atomic E-state index is 9.33. The van der Waals surface area contributed by atoms with Crippen LogP contribution in [0.15, 0.2) is 97.1 Å². The van der Waals surface area contributed by atoms with Crippen LogP contribution in [0, 0.1) is 5.92 Å². The number of rotatable bonds is 9. The third kappa shape index (κ3) is 3.97. The molecule has 2 atom stereocenters. The molecule has 4 nitrogen and oxygen atoms in total. The molecule has 36 heavy (non-hydrogen) atoms. The first-order chi connectivity index (χ1) is 17.7. The smallest absolute Gasteiger partial charge is 0.119 e. The van der Waals surface area contributed by atoms with Gasteiger partial charge in [-0.05, 0) is 57.6 Å². The quantitative estimate of drug-likeness (QED) is 0.271. The van der Waals surface area contributed by atoms with E-state index in [0.29, 0.717) is 13.2 Å². The summed E-state index contributed by atoms with van der Waals surface area (Å²) >= 11 is 0. The third-order valence-corrected chi connectivity index (χ3v) is 7.21. The van der Waals surface area contributed by atoms with Gasteiger partial charge >= 0.3 is 0 Å². The molecule has 0 saturated carbocycles. The summed E-state index contributed by atoms with van der Waals surface area (Å²) in [5.74, 6) is 1.75. The van der Waals surface area contributed by atoms with Gasteiger partial charge in [-0.15, -0.1) is 0 Å². The lowest BCUT2D eigenvalue weighted by Gasteiger charge is -2.34. The number of ether oxygens (including phenoxy) is 3. The van der Waals surface area contributed by atoms with Crippen LogP contribution >= 0.6 is 0 Å². The number of benzene rings is 4. The Kier molecular flexibility index (Phi) is 6.00. The van der Waals surface area contributed by atoms with Crippen molar-refractivity contribution in [3.63, 3.8) is 0 Å². The molecule has 4 aromatic carbocycles. The molecule has 0 bridgehead atoms. The molecule has 1 fully saturated rings. The Morgan fingerprint density at radius 3 is 1.78 bits per heavy atom. The summed E-state index contributed by atoms with van der Waals surface area (Å²) in [5.41, 5.74) is 6.98. The number of hydrogen-bond donors (Lipinski definition) is 1. The zero-order valence-electron chi connectivity index (χ0n) is 20.4. The average molecular weight is 479 g/mol. The first kappa shape index (κ1) is 22.8. The van der Waals surface area contributed by atoms with Crippen LogP contribution in [-0.2, 0) is 10.2 Å². The fraction of sp³-hybridized carbons (Fsp3) is 0.250. The van der Waals surface area contributed by atoms with E-state index < -0.39 is 5.41 Å². The highest BCUT2D eigenvalue weighted by atomic mass is 16.6. The molecule has 0 radical (unpaired) electrons. The van der Waals surface area contributed by atoms with Crippen molar-refractivity contribution in [3.05, 3.63) is 119 Å². The van der Waals surface area contributed by atoms with Crippen LogP contribution in [0.5, 0.6) is 11.5 Å². The maximum absolute atomic E-state index is 9.33. The Morgan fingerprint density at radius 2 is 1.28 bits per heavy atom.